The Labute approximate surface area is 164 Å². The van der Waals surface area contributed by atoms with Gasteiger partial charge in [0.2, 0.25) is 0 Å². The Bertz CT molecular complexity index is 875. The van der Waals surface area contributed by atoms with Crippen molar-refractivity contribution in [1.29, 1.82) is 0 Å². The highest BCUT2D eigenvalue weighted by Crippen LogP contribution is 2.32. The molecule has 3 heterocycles. The van der Waals surface area contributed by atoms with E-state index >= 15 is 0 Å². The van der Waals surface area contributed by atoms with Crippen molar-refractivity contribution in [3.63, 3.8) is 0 Å². The first kappa shape index (κ1) is 18.2. The third-order valence-electron chi connectivity index (χ3n) is 5.00. The number of benzene rings is 1. The molecule has 1 saturated heterocycles. The second kappa shape index (κ2) is 8.23. The second-order valence-electron chi connectivity index (χ2n) is 7.06. The lowest BCUT2D eigenvalue weighted by atomic mass is 10.1. The quantitative estimate of drug-likeness (QED) is 0.477. The zero-order chi connectivity index (χ0) is 18.6. The minimum atomic E-state index is 0.655. The van der Waals surface area contributed by atoms with E-state index in [2.05, 4.69) is 57.7 Å². The molecule has 1 aromatic carbocycles. The molecular weight excluding hydrogens is 354 g/mol. The van der Waals surface area contributed by atoms with Crippen molar-refractivity contribution in [2.75, 3.05) is 25.9 Å². The maximum Gasteiger partial charge on any atom is 0.187 e. The highest BCUT2D eigenvalue weighted by Gasteiger charge is 2.23. The van der Waals surface area contributed by atoms with Crippen LogP contribution < -0.4 is 0 Å². The van der Waals surface area contributed by atoms with Gasteiger partial charge in [0.15, 0.2) is 5.16 Å². The molecule has 0 N–H and O–H groups in total. The Hall–Kier alpha value is -2.18. The molecule has 0 radical (unpaired) electrons. The Balaban J connectivity index is 1.72. The van der Waals surface area contributed by atoms with E-state index in [1.807, 2.05) is 24.8 Å². The molecule has 5 nitrogen and oxygen atoms in total. The van der Waals surface area contributed by atoms with Crippen molar-refractivity contribution >= 4 is 11.8 Å². The zero-order valence-electron chi connectivity index (χ0n) is 15.9. The number of nitrogens with zero attached hydrogens (tertiary/aromatic N) is 5. The molecule has 2 aromatic heterocycles. The summed E-state index contributed by atoms with van der Waals surface area (Å²) < 4.78 is 2.29. The van der Waals surface area contributed by atoms with E-state index in [4.69, 9.17) is 4.98 Å². The van der Waals surface area contributed by atoms with Gasteiger partial charge in [-0.15, -0.1) is 0 Å². The van der Waals surface area contributed by atoms with Crippen LogP contribution in [0.5, 0.6) is 0 Å². The predicted molar refractivity (Wildman–Crippen MR) is 111 cm³/mol. The molecule has 0 spiro atoms. The van der Waals surface area contributed by atoms with Crippen LogP contribution in [-0.4, -0.2) is 50.3 Å². The van der Waals surface area contributed by atoms with Gasteiger partial charge in [0.05, 0.1) is 17.7 Å². The zero-order valence-corrected chi connectivity index (χ0v) is 16.7. The van der Waals surface area contributed by atoms with E-state index in [0.29, 0.717) is 5.92 Å². The van der Waals surface area contributed by atoms with Crippen LogP contribution in [0.4, 0.5) is 0 Å². The summed E-state index contributed by atoms with van der Waals surface area (Å²) in [6.07, 6.45) is 7.08. The van der Waals surface area contributed by atoms with Gasteiger partial charge < -0.3 is 9.47 Å². The van der Waals surface area contributed by atoms with Crippen molar-refractivity contribution in [3.8, 4) is 22.5 Å². The van der Waals surface area contributed by atoms with Crippen LogP contribution in [0.1, 0.15) is 13.3 Å². The van der Waals surface area contributed by atoms with Gasteiger partial charge in [0.25, 0.3) is 0 Å². The molecule has 3 aromatic rings. The van der Waals surface area contributed by atoms with Crippen LogP contribution in [0.3, 0.4) is 0 Å². The van der Waals surface area contributed by atoms with E-state index in [1.165, 1.54) is 13.0 Å². The topological polar surface area (TPSA) is 46.8 Å². The molecule has 0 aliphatic carbocycles. The minimum Gasteiger partial charge on any atom is -0.330 e. The number of thioether (sulfide) groups is 1. The molecule has 0 bridgehead atoms. The number of imidazole rings is 1. The van der Waals surface area contributed by atoms with Crippen LogP contribution in [0.2, 0.25) is 0 Å². The van der Waals surface area contributed by atoms with Crippen molar-refractivity contribution in [2.45, 2.75) is 25.0 Å². The van der Waals surface area contributed by atoms with Crippen LogP contribution in [-0.2, 0) is 6.54 Å². The number of likely N-dealkylation sites (tertiary alicyclic amines) is 1. The van der Waals surface area contributed by atoms with Gasteiger partial charge in [-0.3, -0.25) is 0 Å². The summed E-state index contributed by atoms with van der Waals surface area (Å²) in [6.45, 7) is 5.40. The fourth-order valence-electron chi connectivity index (χ4n) is 3.73. The van der Waals surface area contributed by atoms with E-state index in [9.17, 15) is 0 Å². The third kappa shape index (κ3) is 4.06. The summed E-state index contributed by atoms with van der Waals surface area (Å²) in [5.74, 6) is 1.63. The molecule has 140 valence electrons. The summed E-state index contributed by atoms with van der Waals surface area (Å²) in [5, 5.41) is 0.825. The van der Waals surface area contributed by atoms with E-state index in [-0.39, 0.29) is 0 Å². The normalized spacial score (nSPS) is 17.5. The predicted octanol–water partition coefficient (Wildman–Crippen LogP) is 4.07. The highest BCUT2D eigenvalue weighted by atomic mass is 32.2. The Morgan fingerprint density at radius 3 is 2.52 bits per heavy atom. The smallest absolute Gasteiger partial charge is 0.187 e. The molecule has 1 aliphatic heterocycles. The molecule has 1 aliphatic rings. The van der Waals surface area contributed by atoms with Gasteiger partial charge in [-0.05, 0) is 31.7 Å². The number of rotatable bonds is 6. The van der Waals surface area contributed by atoms with Gasteiger partial charge >= 0.3 is 0 Å². The first-order chi connectivity index (χ1) is 13.2. The van der Waals surface area contributed by atoms with Crippen molar-refractivity contribution in [1.82, 2.24) is 24.4 Å². The lowest BCUT2D eigenvalue weighted by Crippen LogP contribution is -2.17. The van der Waals surface area contributed by atoms with Crippen LogP contribution >= 0.6 is 11.8 Å². The lowest BCUT2D eigenvalue weighted by molar-refractivity contribution is 0.378. The molecule has 1 fully saturated rings. The molecule has 0 unspecified atom stereocenters. The van der Waals surface area contributed by atoms with Gasteiger partial charge in [0.1, 0.15) is 0 Å². The summed E-state index contributed by atoms with van der Waals surface area (Å²) >= 11 is 1.66. The lowest BCUT2D eigenvalue weighted by Gasteiger charge is -2.15. The average molecular weight is 380 g/mol. The first-order valence-electron chi connectivity index (χ1n) is 9.49. The van der Waals surface area contributed by atoms with Crippen LogP contribution in [0.25, 0.3) is 22.5 Å². The summed E-state index contributed by atoms with van der Waals surface area (Å²) in [7, 11) is 2.20. The summed E-state index contributed by atoms with van der Waals surface area (Å²) in [6, 6.07) is 10.4. The molecular formula is C21H25N5S. The van der Waals surface area contributed by atoms with Gasteiger partial charge in [-0.1, -0.05) is 49.0 Å². The van der Waals surface area contributed by atoms with Crippen LogP contribution in [0, 0.1) is 5.92 Å². The van der Waals surface area contributed by atoms with E-state index in [0.717, 1.165) is 46.5 Å². The third-order valence-corrected chi connectivity index (χ3v) is 5.76. The first-order valence-corrected chi connectivity index (χ1v) is 10.5. The van der Waals surface area contributed by atoms with Crippen molar-refractivity contribution in [3.05, 3.63) is 49.1 Å². The van der Waals surface area contributed by atoms with Crippen molar-refractivity contribution in [2.24, 2.45) is 5.92 Å². The summed E-state index contributed by atoms with van der Waals surface area (Å²) in [4.78, 5) is 16.3. The largest absolute Gasteiger partial charge is 0.330 e. The Morgan fingerprint density at radius 1 is 1.07 bits per heavy atom. The fourth-order valence-corrected chi connectivity index (χ4v) is 4.24. The van der Waals surface area contributed by atoms with Crippen molar-refractivity contribution < 1.29 is 0 Å². The fraction of sp³-hybridized carbons (Fsp3) is 0.381. The SMILES string of the molecule is CCSc1ncc(-c2c(-c3ccccc3)ncn2C[C@@H]2CCN(C)C2)cn1. The standard InChI is InChI=1S/C21H25N5S/c1-3-27-21-22-11-18(12-23-21)20-19(17-7-5-4-6-8-17)24-15-26(20)14-16-9-10-25(2)13-16/h4-8,11-12,15-16H,3,9-10,13-14H2,1-2H3/t16-/m1/s1. The highest BCUT2D eigenvalue weighted by molar-refractivity contribution is 7.99. The van der Waals surface area contributed by atoms with Crippen LogP contribution in [0.15, 0.2) is 54.2 Å². The maximum absolute atomic E-state index is 4.77. The molecule has 4 rings (SSSR count). The molecule has 6 heteroatoms. The molecule has 1 atom stereocenters. The monoisotopic (exact) mass is 379 g/mol. The van der Waals surface area contributed by atoms with E-state index in [1.54, 1.807) is 11.8 Å². The molecule has 0 saturated carbocycles. The number of hydrogen-bond donors (Lipinski definition) is 0. The summed E-state index contributed by atoms with van der Waals surface area (Å²) in [5.41, 5.74) is 4.27. The molecule has 0 amide bonds. The number of aromatic nitrogens is 4. The molecule has 27 heavy (non-hydrogen) atoms. The Morgan fingerprint density at radius 2 is 1.85 bits per heavy atom. The second-order valence-corrected chi connectivity index (χ2v) is 8.30. The van der Waals surface area contributed by atoms with Gasteiger partial charge in [-0.25, -0.2) is 15.0 Å². The average Bonchev–Trinajstić information content (AvgIpc) is 3.30. The van der Waals surface area contributed by atoms with Gasteiger partial charge in [-0.2, -0.15) is 0 Å². The number of hydrogen-bond acceptors (Lipinski definition) is 5. The Kier molecular flexibility index (Phi) is 5.55. The van der Waals surface area contributed by atoms with Gasteiger partial charge in [0, 0.05) is 36.6 Å². The van der Waals surface area contributed by atoms with E-state index < -0.39 is 0 Å². The minimum absolute atomic E-state index is 0.655. The maximum atomic E-state index is 4.77.